The maximum absolute atomic E-state index is 10.1. The van der Waals surface area contributed by atoms with E-state index in [4.69, 9.17) is 0 Å². The van der Waals surface area contributed by atoms with Crippen molar-refractivity contribution in [3.05, 3.63) is 11.1 Å². The van der Waals surface area contributed by atoms with Crippen molar-refractivity contribution in [2.24, 2.45) is 35.0 Å². The molecule has 0 radical (unpaired) electrons. The molecular weight excluding hydrogens is 272 g/mol. The molecule has 2 heteroatoms. The van der Waals surface area contributed by atoms with Crippen molar-refractivity contribution in [1.29, 1.82) is 0 Å². The summed E-state index contributed by atoms with van der Waals surface area (Å²) < 4.78 is 0. The molecule has 3 fully saturated rings. The number of aliphatic hydroxyl groups is 2. The van der Waals surface area contributed by atoms with E-state index in [-0.39, 0.29) is 6.10 Å². The normalized spacial score (nSPS) is 51.3. The summed E-state index contributed by atoms with van der Waals surface area (Å²) in [4.78, 5) is 0. The molecule has 0 amide bonds. The quantitative estimate of drug-likeness (QED) is 0.721. The lowest BCUT2D eigenvalue weighted by Gasteiger charge is -2.58. The standard InChI is InChI=1S/C20H32O2/c1-12-13(11-21)9-18-16(12)5-6-19-17(18)4-3-14-10-15(22)7-8-20(14,19)2/h13-15,17-19,21-22H,3-11H2,1-2H3/t13-,14-,15-,17-,18+,19-,20-/m0/s1. The van der Waals surface area contributed by atoms with E-state index in [1.807, 2.05) is 0 Å². The number of hydrogen-bond donors (Lipinski definition) is 2. The van der Waals surface area contributed by atoms with Gasteiger partial charge >= 0.3 is 0 Å². The highest BCUT2D eigenvalue weighted by molar-refractivity contribution is 5.28. The Morgan fingerprint density at radius 3 is 2.73 bits per heavy atom. The Morgan fingerprint density at radius 2 is 1.95 bits per heavy atom. The first-order valence-corrected chi connectivity index (χ1v) is 9.53. The summed E-state index contributed by atoms with van der Waals surface area (Å²) in [5.74, 6) is 3.67. The Bertz CT molecular complexity index is 482. The second kappa shape index (κ2) is 5.34. The molecule has 4 aliphatic rings. The minimum absolute atomic E-state index is 0.0406. The summed E-state index contributed by atoms with van der Waals surface area (Å²) in [6, 6.07) is 0. The largest absolute Gasteiger partial charge is 0.396 e. The molecule has 4 rings (SSSR count). The molecule has 0 saturated heterocycles. The van der Waals surface area contributed by atoms with Gasteiger partial charge in [-0.3, -0.25) is 0 Å². The van der Waals surface area contributed by atoms with Gasteiger partial charge in [0.05, 0.1) is 6.10 Å². The molecule has 7 atom stereocenters. The maximum Gasteiger partial charge on any atom is 0.0543 e. The van der Waals surface area contributed by atoms with E-state index in [9.17, 15) is 10.2 Å². The SMILES string of the molecule is CC1=C2CC[C@H]3[C@@H](CC[C@H]4C[C@@H](O)CC[C@@]43C)[C@@H]2C[C@H]1CO. The predicted molar refractivity (Wildman–Crippen MR) is 88.3 cm³/mol. The Balaban J connectivity index is 1.61. The third-order valence-corrected chi connectivity index (χ3v) is 8.28. The van der Waals surface area contributed by atoms with Crippen LogP contribution in [0.4, 0.5) is 0 Å². The second-order valence-electron chi connectivity index (χ2n) is 8.95. The Morgan fingerprint density at radius 1 is 1.14 bits per heavy atom. The number of fused-ring (bicyclic) bond motifs is 5. The van der Waals surface area contributed by atoms with Crippen LogP contribution in [0.25, 0.3) is 0 Å². The summed E-state index contributed by atoms with van der Waals surface area (Å²) in [6.07, 6.45) is 9.78. The molecule has 2 nitrogen and oxygen atoms in total. The molecule has 0 unspecified atom stereocenters. The van der Waals surface area contributed by atoms with E-state index in [0.29, 0.717) is 17.9 Å². The fourth-order valence-corrected chi connectivity index (χ4v) is 6.96. The Labute approximate surface area is 135 Å². The zero-order valence-corrected chi connectivity index (χ0v) is 14.2. The van der Waals surface area contributed by atoms with Gasteiger partial charge in [0.15, 0.2) is 0 Å². The van der Waals surface area contributed by atoms with Crippen LogP contribution in [0.2, 0.25) is 0 Å². The smallest absolute Gasteiger partial charge is 0.0543 e. The molecule has 0 aromatic carbocycles. The highest BCUT2D eigenvalue weighted by Gasteiger charge is 2.54. The summed E-state index contributed by atoms with van der Waals surface area (Å²) >= 11 is 0. The van der Waals surface area contributed by atoms with Crippen LogP contribution in [0.1, 0.15) is 65.2 Å². The van der Waals surface area contributed by atoms with Crippen LogP contribution in [-0.4, -0.2) is 22.9 Å². The Hall–Kier alpha value is -0.340. The van der Waals surface area contributed by atoms with Gasteiger partial charge in [-0.25, -0.2) is 0 Å². The minimum Gasteiger partial charge on any atom is -0.396 e. The summed E-state index contributed by atoms with van der Waals surface area (Å²) in [5.41, 5.74) is 3.72. The molecule has 3 saturated carbocycles. The van der Waals surface area contributed by atoms with Gasteiger partial charge in [0.1, 0.15) is 0 Å². The molecule has 0 bridgehead atoms. The molecule has 22 heavy (non-hydrogen) atoms. The van der Waals surface area contributed by atoms with Crippen molar-refractivity contribution in [2.75, 3.05) is 6.61 Å². The first kappa shape index (κ1) is 15.2. The lowest BCUT2D eigenvalue weighted by molar-refractivity contribution is -0.0904. The van der Waals surface area contributed by atoms with Crippen molar-refractivity contribution in [2.45, 2.75) is 71.3 Å². The van der Waals surface area contributed by atoms with Gasteiger partial charge in [0.25, 0.3) is 0 Å². The fourth-order valence-electron chi connectivity index (χ4n) is 6.96. The topological polar surface area (TPSA) is 40.5 Å². The van der Waals surface area contributed by atoms with Crippen molar-refractivity contribution in [3.8, 4) is 0 Å². The van der Waals surface area contributed by atoms with Crippen molar-refractivity contribution in [3.63, 3.8) is 0 Å². The average molecular weight is 304 g/mol. The first-order chi connectivity index (χ1) is 10.5. The molecule has 0 aromatic heterocycles. The van der Waals surface area contributed by atoms with Gasteiger partial charge in [-0.05, 0) is 87.4 Å². The summed E-state index contributed by atoms with van der Waals surface area (Å²) in [7, 11) is 0. The third-order valence-electron chi connectivity index (χ3n) is 8.28. The number of aliphatic hydroxyl groups excluding tert-OH is 2. The molecule has 4 aliphatic carbocycles. The lowest BCUT2D eigenvalue weighted by Crippen LogP contribution is -2.50. The number of rotatable bonds is 1. The van der Waals surface area contributed by atoms with E-state index in [1.165, 1.54) is 44.1 Å². The van der Waals surface area contributed by atoms with Crippen LogP contribution in [0.15, 0.2) is 11.1 Å². The molecule has 0 spiro atoms. The van der Waals surface area contributed by atoms with Gasteiger partial charge in [0.2, 0.25) is 0 Å². The summed E-state index contributed by atoms with van der Waals surface area (Å²) in [5, 5.41) is 19.8. The minimum atomic E-state index is -0.0406. The van der Waals surface area contributed by atoms with Crippen molar-refractivity contribution >= 4 is 0 Å². The third kappa shape index (κ3) is 2.06. The van der Waals surface area contributed by atoms with Gasteiger partial charge < -0.3 is 10.2 Å². The van der Waals surface area contributed by atoms with E-state index < -0.39 is 0 Å². The fraction of sp³-hybridized carbons (Fsp3) is 0.900. The second-order valence-corrected chi connectivity index (χ2v) is 8.95. The zero-order chi connectivity index (χ0) is 15.5. The number of hydrogen-bond acceptors (Lipinski definition) is 2. The van der Waals surface area contributed by atoms with Crippen LogP contribution in [0, 0.1) is 35.0 Å². The monoisotopic (exact) mass is 304 g/mol. The van der Waals surface area contributed by atoms with E-state index in [1.54, 1.807) is 5.57 Å². The van der Waals surface area contributed by atoms with E-state index in [2.05, 4.69) is 13.8 Å². The zero-order valence-electron chi connectivity index (χ0n) is 14.2. The lowest BCUT2D eigenvalue weighted by atomic mass is 9.47. The molecule has 0 aromatic rings. The van der Waals surface area contributed by atoms with E-state index >= 15 is 0 Å². The van der Waals surface area contributed by atoms with Crippen LogP contribution in [-0.2, 0) is 0 Å². The van der Waals surface area contributed by atoms with Crippen LogP contribution >= 0.6 is 0 Å². The van der Waals surface area contributed by atoms with Crippen molar-refractivity contribution in [1.82, 2.24) is 0 Å². The maximum atomic E-state index is 10.1. The molecule has 0 heterocycles. The average Bonchev–Trinajstić information content (AvgIpc) is 2.85. The molecule has 2 N–H and O–H groups in total. The van der Waals surface area contributed by atoms with Crippen molar-refractivity contribution < 1.29 is 10.2 Å². The summed E-state index contributed by atoms with van der Waals surface area (Å²) in [6.45, 7) is 5.16. The van der Waals surface area contributed by atoms with Crippen LogP contribution < -0.4 is 0 Å². The molecular formula is C20H32O2. The van der Waals surface area contributed by atoms with Crippen LogP contribution in [0.5, 0.6) is 0 Å². The predicted octanol–water partition coefficient (Wildman–Crippen LogP) is 3.92. The molecule has 0 aliphatic heterocycles. The highest BCUT2D eigenvalue weighted by Crippen LogP contribution is 2.63. The van der Waals surface area contributed by atoms with E-state index in [0.717, 1.165) is 36.5 Å². The van der Waals surface area contributed by atoms with Gasteiger partial charge in [-0.2, -0.15) is 0 Å². The van der Waals surface area contributed by atoms with Gasteiger partial charge in [-0.1, -0.05) is 18.1 Å². The van der Waals surface area contributed by atoms with Crippen LogP contribution in [0.3, 0.4) is 0 Å². The first-order valence-electron chi connectivity index (χ1n) is 9.53. The van der Waals surface area contributed by atoms with Gasteiger partial charge in [0, 0.05) is 12.5 Å². The number of allylic oxidation sites excluding steroid dienone is 1. The Kier molecular flexibility index (Phi) is 3.69. The van der Waals surface area contributed by atoms with Gasteiger partial charge in [-0.15, -0.1) is 0 Å². The highest BCUT2D eigenvalue weighted by atomic mass is 16.3. The molecule has 124 valence electrons.